The number of methoxy groups -OCH3 is 3. The van der Waals surface area contributed by atoms with Gasteiger partial charge >= 0.3 is 12.2 Å². The summed E-state index contributed by atoms with van der Waals surface area (Å²) in [6, 6.07) is 20.7. The van der Waals surface area contributed by atoms with Gasteiger partial charge in [-0.15, -0.1) is 0 Å². The Morgan fingerprint density at radius 3 is 2.22 bits per heavy atom. The van der Waals surface area contributed by atoms with E-state index in [1.54, 1.807) is 35.2 Å². The van der Waals surface area contributed by atoms with Gasteiger partial charge in [-0.3, -0.25) is 9.59 Å². The molecule has 16 heteroatoms. The summed E-state index contributed by atoms with van der Waals surface area (Å²) in [5, 5.41) is 7.37. The smallest absolute Gasteiger partial charge is 0.407 e. The number of nitrogens with zero attached hydrogens (tertiary/aromatic N) is 4. The molecule has 7 rings (SSSR count). The van der Waals surface area contributed by atoms with Gasteiger partial charge < -0.3 is 49.3 Å². The Labute approximate surface area is 391 Å². The molecule has 0 radical (unpaired) electrons. The highest BCUT2D eigenvalue weighted by atomic mass is 16.5. The summed E-state index contributed by atoms with van der Waals surface area (Å²) in [7, 11) is 4.18. The number of fused-ring (bicyclic) bond motifs is 6. The molecule has 67 heavy (non-hydrogen) atoms. The van der Waals surface area contributed by atoms with Crippen LogP contribution in [0.15, 0.2) is 79.0 Å². The summed E-state index contributed by atoms with van der Waals surface area (Å²) in [6.45, 7) is 14.8. The monoisotopic (exact) mass is 914 g/mol. The number of imidazole rings is 2. The number of ether oxygens (including phenoxy) is 4. The Bertz CT molecular complexity index is 2730. The molecule has 0 saturated carbocycles. The molecule has 4 aromatic carbocycles. The van der Waals surface area contributed by atoms with Crippen LogP contribution in [0.25, 0.3) is 44.2 Å². The van der Waals surface area contributed by atoms with E-state index in [4.69, 9.17) is 28.9 Å². The van der Waals surface area contributed by atoms with Crippen molar-refractivity contribution in [2.45, 2.75) is 91.7 Å². The number of hydrogen-bond donors (Lipinski definition) is 4. The largest absolute Gasteiger partial charge is 0.488 e. The minimum absolute atomic E-state index is 0.0166. The van der Waals surface area contributed by atoms with Crippen LogP contribution in [0.2, 0.25) is 0 Å². The van der Waals surface area contributed by atoms with Crippen molar-refractivity contribution in [2.75, 3.05) is 34.5 Å². The van der Waals surface area contributed by atoms with Crippen LogP contribution in [-0.4, -0.2) is 100 Å². The van der Waals surface area contributed by atoms with Crippen LogP contribution in [-0.2, 0) is 30.4 Å². The molecule has 354 valence electrons. The van der Waals surface area contributed by atoms with Gasteiger partial charge in [0.15, 0.2) is 0 Å². The molecule has 16 nitrogen and oxygen atoms in total. The van der Waals surface area contributed by atoms with E-state index >= 15 is 0 Å². The zero-order valence-electron chi connectivity index (χ0n) is 39.9. The van der Waals surface area contributed by atoms with E-state index in [9.17, 15) is 19.2 Å². The van der Waals surface area contributed by atoms with E-state index in [1.807, 2.05) is 78.8 Å². The van der Waals surface area contributed by atoms with Gasteiger partial charge in [-0.2, -0.15) is 0 Å². The van der Waals surface area contributed by atoms with Crippen LogP contribution in [0.5, 0.6) is 5.75 Å². The first-order valence-electron chi connectivity index (χ1n) is 22.8. The second-order valence-corrected chi connectivity index (χ2v) is 17.7. The number of H-pyrrole nitrogens is 2. The summed E-state index contributed by atoms with van der Waals surface area (Å²) in [5.74, 6) is 1.26. The first kappa shape index (κ1) is 48.0. The van der Waals surface area contributed by atoms with Crippen LogP contribution in [0, 0.1) is 11.8 Å². The van der Waals surface area contributed by atoms with E-state index in [2.05, 4.69) is 50.9 Å². The molecule has 1 aliphatic heterocycles. The number of aromatic amines is 2. The average molecular weight is 915 g/mol. The molecule has 0 fully saturated rings. The fraction of sp³-hybridized carbons (Fsp3) is 0.412. The van der Waals surface area contributed by atoms with Gasteiger partial charge in [-0.05, 0) is 90.9 Å². The maximum Gasteiger partial charge on any atom is 0.407 e. The number of aromatic nitrogens is 4. The fourth-order valence-electron chi connectivity index (χ4n) is 8.88. The van der Waals surface area contributed by atoms with Crippen LogP contribution < -0.4 is 15.4 Å². The lowest BCUT2D eigenvalue weighted by Crippen LogP contribution is -2.54. The molecule has 4 amide bonds. The fourth-order valence-corrected chi connectivity index (χ4v) is 8.88. The molecule has 4 N–H and O–H groups in total. The maximum absolute atomic E-state index is 14.4. The van der Waals surface area contributed by atoms with Gasteiger partial charge in [0, 0.05) is 30.6 Å². The third-order valence-electron chi connectivity index (χ3n) is 12.7. The van der Waals surface area contributed by atoms with Crippen molar-refractivity contribution in [3.63, 3.8) is 0 Å². The molecule has 2 aromatic heterocycles. The van der Waals surface area contributed by atoms with Crippen LogP contribution >= 0.6 is 0 Å². The lowest BCUT2D eigenvalue weighted by Gasteiger charge is -2.37. The van der Waals surface area contributed by atoms with E-state index < -0.39 is 36.4 Å². The Balaban J connectivity index is 1.15. The highest BCUT2D eigenvalue weighted by Gasteiger charge is 2.36. The molecular formula is C51H62N8O8. The normalized spacial score (nSPS) is 14.7. The molecule has 0 spiro atoms. The van der Waals surface area contributed by atoms with E-state index in [1.165, 1.54) is 14.2 Å². The van der Waals surface area contributed by atoms with Gasteiger partial charge in [0.1, 0.15) is 36.1 Å². The summed E-state index contributed by atoms with van der Waals surface area (Å²) < 4.78 is 21.6. The predicted molar refractivity (Wildman–Crippen MR) is 256 cm³/mol. The number of hydrogen-bond acceptors (Lipinski definition) is 10. The predicted octanol–water partition coefficient (Wildman–Crippen LogP) is 9.00. The second-order valence-electron chi connectivity index (χ2n) is 17.7. The second kappa shape index (κ2) is 20.7. The number of nitrogens with one attached hydrogen (secondary N) is 4. The molecule has 0 aliphatic carbocycles. The van der Waals surface area contributed by atoms with Crippen LogP contribution in [0.3, 0.4) is 0 Å². The standard InChI is InChI=1S/C51H62N8O8/c1-11-30(5)59(49(61)43(28(2)3)56-50(62)65-9)32(7)47-53-40-20-18-34-22-39-37-19-17-35(21-36(37)27-67-42(39)23-38(34)45(40)55-47)41-24-52-46(54-41)31(6)58(25-29(4)26-64-8)48(60)44(57-51(63)66-10)33-15-13-12-14-16-33/h12-24,28-32,43-44H,11,25-27H2,1-10H3,(H,52,54)(H,53,55)(H,56,62)(H,57,63). The van der Waals surface area contributed by atoms with E-state index in [0.29, 0.717) is 43.4 Å². The molecule has 6 unspecified atom stereocenters. The van der Waals surface area contributed by atoms with Gasteiger partial charge in [0.2, 0.25) is 5.91 Å². The third kappa shape index (κ3) is 10.1. The summed E-state index contributed by atoms with van der Waals surface area (Å²) in [4.78, 5) is 73.6. The summed E-state index contributed by atoms with van der Waals surface area (Å²) in [6.07, 6.45) is 1.11. The SMILES string of the molecule is CCC(C)N(C(=O)C(NC(=O)OC)C(C)C)C(C)c1nc2c(ccc3cc4c(cc32)OCc2cc(-c3cnc(C(C)N(CC(C)COC)C(=O)C(NC(=O)OC)c5ccccc5)[nH]3)ccc2-4)[nH]1. The summed E-state index contributed by atoms with van der Waals surface area (Å²) in [5.41, 5.74) is 6.92. The highest BCUT2D eigenvalue weighted by molar-refractivity contribution is 6.07. The quantitative estimate of drug-likeness (QED) is 0.0686. The third-order valence-corrected chi connectivity index (χ3v) is 12.7. The molecule has 6 aromatic rings. The van der Waals surface area contributed by atoms with E-state index in [-0.39, 0.29) is 29.7 Å². The Morgan fingerprint density at radius 1 is 0.806 bits per heavy atom. The number of amides is 4. The molecule has 0 saturated heterocycles. The van der Waals surface area contributed by atoms with Crippen molar-refractivity contribution in [1.29, 1.82) is 0 Å². The Kier molecular flexibility index (Phi) is 14.8. The molecule has 6 atom stereocenters. The van der Waals surface area contributed by atoms with Crippen molar-refractivity contribution >= 4 is 45.8 Å². The number of alkyl carbamates (subject to hydrolysis) is 2. The molecule has 3 heterocycles. The zero-order valence-corrected chi connectivity index (χ0v) is 39.9. The molecule has 1 aliphatic rings. The lowest BCUT2D eigenvalue weighted by atomic mass is 9.92. The van der Waals surface area contributed by atoms with Gasteiger partial charge in [0.25, 0.3) is 5.91 Å². The Morgan fingerprint density at radius 2 is 1.54 bits per heavy atom. The number of carbonyl (C=O) groups excluding carboxylic acids is 4. The van der Waals surface area contributed by atoms with Crippen LogP contribution in [0.4, 0.5) is 9.59 Å². The summed E-state index contributed by atoms with van der Waals surface area (Å²) >= 11 is 0. The number of rotatable bonds is 17. The minimum Gasteiger partial charge on any atom is -0.488 e. The topological polar surface area (TPSA) is 193 Å². The first-order valence-corrected chi connectivity index (χ1v) is 22.8. The minimum atomic E-state index is -0.989. The maximum atomic E-state index is 14.4. The molecule has 0 bridgehead atoms. The van der Waals surface area contributed by atoms with Gasteiger partial charge in [0.05, 0.1) is 55.8 Å². The Hall–Kier alpha value is -6.94. The van der Waals surface area contributed by atoms with Gasteiger partial charge in [-0.1, -0.05) is 76.2 Å². The molecular weight excluding hydrogens is 853 g/mol. The first-order chi connectivity index (χ1) is 32.2. The number of benzene rings is 4. The average Bonchev–Trinajstić information content (AvgIpc) is 4.02. The van der Waals surface area contributed by atoms with Crippen LogP contribution in [0.1, 0.15) is 95.8 Å². The lowest BCUT2D eigenvalue weighted by molar-refractivity contribution is -0.139. The van der Waals surface area contributed by atoms with E-state index in [0.717, 1.165) is 55.5 Å². The van der Waals surface area contributed by atoms with Gasteiger partial charge in [-0.25, -0.2) is 19.6 Å². The van der Waals surface area contributed by atoms with Crippen molar-refractivity contribution in [3.05, 3.63) is 102 Å². The number of carbonyl (C=O) groups is 4. The zero-order chi connectivity index (χ0) is 48.1. The van der Waals surface area contributed by atoms with Crippen molar-refractivity contribution in [2.24, 2.45) is 11.8 Å². The van der Waals surface area contributed by atoms with Crippen molar-refractivity contribution in [1.82, 2.24) is 40.4 Å². The van der Waals surface area contributed by atoms with Crippen molar-refractivity contribution in [3.8, 4) is 28.1 Å². The highest BCUT2D eigenvalue weighted by Crippen LogP contribution is 2.43. The van der Waals surface area contributed by atoms with Crippen molar-refractivity contribution < 1.29 is 38.1 Å².